The van der Waals surface area contributed by atoms with Crippen molar-refractivity contribution in [1.82, 2.24) is 0 Å². The Morgan fingerprint density at radius 1 is 1.06 bits per heavy atom. The summed E-state index contributed by atoms with van der Waals surface area (Å²) in [5, 5.41) is 11.4. The van der Waals surface area contributed by atoms with Gasteiger partial charge in [0.1, 0.15) is 17.2 Å². The van der Waals surface area contributed by atoms with Crippen LogP contribution in [0, 0.1) is 11.3 Å². The van der Waals surface area contributed by atoms with Gasteiger partial charge in [0.25, 0.3) is 0 Å². The summed E-state index contributed by atoms with van der Waals surface area (Å²) >= 11 is 12.1. The number of pyridine rings is 1. The van der Waals surface area contributed by atoms with Crippen LogP contribution in [0.25, 0.3) is 11.0 Å². The number of ether oxygens (including phenoxy) is 1. The van der Waals surface area contributed by atoms with E-state index in [1.54, 1.807) is 24.3 Å². The van der Waals surface area contributed by atoms with Crippen molar-refractivity contribution in [3.05, 3.63) is 116 Å². The number of allylic oxidation sites excluding steroid dienone is 1. The Labute approximate surface area is 198 Å². The first kappa shape index (κ1) is 21.1. The van der Waals surface area contributed by atoms with Gasteiger partial charge in [0.15, 0.2) is 24.7 Å². The molecule has 2 aromatic carbocycles. The number of hydrogen-bond acceptors (Lipinski definition) is 5. The molecule has 1 atom stereocenters. The summed E-state index contributed by atoms with van der Waals surface area (Å²) in [4.78, 5) is 12.9. The quantitative estimate of drug-likeness (QED) is 0.343. The van der Waals surface area contributed by atoms with Gasteiger partial charge in [-0.1, -0.05) is 41.4 Å². The van der Waals surface area contributed by atoms with E-state index >= 15 is 0 Å². The number of hydrogen-bond donors (Lipinski definition) is 1. The smallest absolute Gasteiger partial charge is 0.344 e. The van der Waals surface area contributed by atoms with Crippen LogP contribution < -0.4 is 20.7 Å². The molecule has 4 aromatic rings. The van der Waals surface area contributed by atoms with E-state index in [-0.39, 0.29) is 17.0 Å². The van der Waals surface area contributed by atoms with Crippen LogP contribution in [0.15, 0.2) is 87.7 Å². The predicted octanol–water partition coefficient (Wildman–Crippen LogP) is 4.65. The van der Waals surface area contributed by atoms with E-state index in [9.17, 15) is 10.1 Å². The third-order valence-electron chi connectivity index (χ3n) is 5.57. The zero-order valence-electron chi connectivity index (χ0n) is 17.1. The SMILES string of the molecule is N#CC1=C(N)Oc2c(c(=O)oc3ccccc23)C1c1cc[n+](Cc2ccc(Cl)c(Cl)c2)cc1. The number of rotatable bonds is 3. The minimum absolute atomic E-state index is 0.0294. The highest BCUT2D eigenvalue weighted by Gasteiger charge is 2.35. The van der Waals surface area contributed by atoms with Gasteiger partial charge in [-0.05, 0) is 29.8 Å². The standard InChI is InChI=1S/C25H16Cl2N3O3/c26-18-6-5-14(11-19(18)27)13-30-9-7-15(8-10-30)21-17(12-28)24(29)33-23-16-3-1-2-4-20(16)32-25(31)22(21)23/h1-11,21H,13,29H2/q+1. The van der Waals surface area contributed by atoms with Crippen LogP contribution in [0.4, 0.5) is 0 Å². The Morgan fingerprint density at radius 3 is 2.55 bits per heavy atom. The molecule has 2 aromatic heterocycles. The van der Waals surface area contributed by atoms with Crippen molar-refractivity contribution in [2.24, 2.45) is 5.73 Å². The van der Waals surface area contributed by atoms with Crippen molar-refractivity contribution in [3.63, 3.8) is 0 Å². The maximum absolute atomic E-state index is 12.9. The second-order valence-corrected chi connectivity index (χ2v) is 8.42. The lowest BCUT2D eigenvalue weighted by Gasteiger charge is -2.25. The molecule has 162 valence electrons. The molecule has 0 saturated carbocycles. The van der Waals surface area contributed by atoms with Gasteiger partial charge >= 0.3 is 5.63 Å². The number of nitrogens with zero attached hydrogens (tertiary/aromatic N) is 2. The molecule has 0 spiro atoms. The molecule has 5 rings (SSSR count). The fourth-order valence-corrected chi connectivity index (χ4v) is 4.34. The molecule has 0 saturated heterocycles. The van der Waals surface area contributed by atoms with Crippen LogP contribution in [-0.2, 0) is 6.54 Å². The monoisotopic (exact) mass is 476 g/mol. The highest BCUT2D eigenvalue weighted by Crippen LogP contribution is 2.43. The molecule has 0 bridgehead atoms. The fourth-order valence-electron chi connectivity index (χ4n) is 4.01. The van der Waals surface area contributed by atoms with Crippen LogP contribution in [0.5, 0.6) is 5.75 Å². The zero-order chi connectivity index (χ0) is 23.1. The molecule has 1 aliphatic rings. The van der Waals surface area contributed by atoms with Gasteiger partial charge in [0, 0.05) is 17.7 Å². The van der Waals surface area contributed by atoms with Gasteiger partial charge in [-0.3, -0.25) is 0 Å². The second kappa shape index (κ2) is 8.28. The summed E-state index contributed by atoms with van der Waals surface area (Å²) in [6.45, 7) is 0.567. The van der Waals surface area contributed by atoms with E-state index in [1.165, 1.54) is 0 Å². The number of benzene rings is 2. The Morgan fingerprint density at radius 2 is 1.82 bits per heavy atom. The second-order valence-electron chi connectivity index (χ2n) is 7.61. The van der Waals surface area contributed by atoms with E-state index in [4.69, 9.17) is 38.1 Å². The molecule has 6 nitrogen and oxygen atoms in total. The van der Waals surface area contributed by atoms with Gasteiger partial charge in [-0.25, -0.2) is 9.36 Å². The number of halogens is 2. The third kappa shape index (κ3) is 3.72. The van der Waals surface area contributed by atoms with E-state index in [0.717, 1.165) is 5.56 Å². The van der Waals surface area contributed by atoms with E-state index in [1.807, 2.05) is 47.3 Å². The molecule has 1 unspecified atom stereocenters. The first-order valence-corrected chi connectivity index (χ1v) is 10.8. The summed E-state index contributed by atoms with van der Waals surface area (Å²) in [6, 6.07) is 18.3. The summed E-state index contributed by atoms with van der Waals surface area (Å²) in [7, 11) is 0. The average molecular weight is 477 g/mol. The van der Waals surface area contributed by atoms with Crippen LogP contribution in [0.2, 0.25) is 10.0 Å². The molecule has 33 heavy (non-hydrogen) atoms. The summed E-state index contributed by atoms with van der Waals surface area (Å²) < 4.78 is 13.2. The Hall–Kier alpha value is -3.79. The summed E-state index contributed by atoms with van der Waals surface area (Å²) in [5.41, 5.74) is 8.03. The molecule has 0 aliphatic carbocycles. The lowest BCUT2D eigenvalue weighted by atomic mass is 9.84. The lowest BCUT2D eigenvalue weighted by Crippen LogP contribution is -2.34. The van der Waals surface area contributed by atoms with Crippen molar-refractivity contribution >= 4 is 34.2 Å². The molecular formula is C25H16Cl2N3O3+. The summed E-state index contributed by atoms with van der Waals surface area (Å²) in [6.07, 6.45) is 3.72. The molecule has 0 radical (unpaired) electrons. The van der Waals surface area contributed by atoms with Gasteiger partial charge in [0.2, 0.25) is 5.88 Å². The van der Waals surface area contributed by atoms with Crippen LogP contribution >= 0.6 is 23.2 Å². The maximum Gasteiger partial charge on any atom is 0.344 e. The van der Waals surface area contributed by atoms with Crippen molar-refractivity contribution in [2.75, 3.05) is 0 Å². The number of fused-ring (bicyclic) bond motifs is 3. The zero-order valence-corrected chi connectivity index (χ0v) is 18.6. The van der Waals surface area contributed by atoms with Crippen molar-refractivity contribution in [1.29, 1.82) is 5.26 Å². The van der Waals surface area contributed by atoms with Gasteiger partial charge in [-0.15, -0.1) is 0 Å². The lowest BCUT2D eigenvalue weighted by molar-refractivity contribution is -0.688. The minimum Gasteiger partial charge on any atom is -0.439 e. The van der Waals surface area contributed by atoms with E-state index < -0.39 is 11.5 Å². The van der Waals surface area contributed by atoms with Crippen molar-refractivity contribution in [2.45, 2.75) is 12.5 Å². The molecule has 0 amide bonds. The molecule has 8 heteroatoms. The first-order valence-electron chi connectivity index (χ1n) is 10.0. The molecule has 3 heterocycles. The topological polar surface area (TPSA) is 93.1 Å². The van der Waals surface area contributed by atoms with Crippen molar-refractivity contribution < 1.29 is 13.7 Å². The minimum atomic E-state index is -0.709. The third-order valence-corrected chi connectivity index (χ3v) is 6.31. The van der Waals surface area contributed by atoms with Crippen LogP contribution in [0.1, 0.15) is 22.6 Å². The Bertz CT molecular complexity index is 1540. The van der Waals surface area contributed by atoms with E-state index in [0.29, 0.717) is 38.9 Å². The number of nitriles is 1. The normalized spacial score (nSPS) is 15.1. The molecule has 1 aliphatic heterocycles. The first-order chi connectivity index (χ1) is 16.0. The van der Waals surface area contributed by atoms with Crippen molar-refractivity contribution in [3.8, 4) is 11.8 Å². The van der Waals surface area contributed by atoms with Gasteiger partial charge < -0.3 is 14.9 Å². The number of nitrogens with two attached hydrogens (primary N) is 1. The highest BCUT2D eigenvalue weighted by atomic mass is 35.5. The van der Waals surface area contributed by atoms with Crippen LogP contribution in [-0.4, -0.2) is 0 Å². The number of aromatic nitrogens is 1. The number of para-hydroxylation sites is 1. The molecule has 0 fully saturated rings. The summed E-state index contributed by atoms with van der Waals surface area (Å²) in [5.74, 6) is -0.423. The Kier molecular flexibility index (Phi) is 5.29. The maximum atomic E-state index is 12.9. The Balaban J connectivity index is 1.58. The highest BCUT2D eigenvalue weighted by molar-refractivity contribution is 6.42. The van der Waals surface area contributed by atoms with Crippen LogP contribution in [0.3, 0.4) is 0 Å². The largest absolute Gasteiger partial charge is 0.439 e. The molecule has 2 N–H and O–H groups in total. The van der Waals surface area contributed by atoms with E-state index in [2.05, 4.69) is 6.07 Å². The molecular weight excluding hydrogens is 461 g/mol. The average Bonchev–Trinajstić information content (AvgIpc) is 2.81. The van der Waals surface area contributed by atoms with Gasteiger partial charge in [-0.2, -0.15) is 5.26 Å². The fraction of sp³-hybridized carbons (Fsp3) is 0.0800. The predicted molar refractivity (Wildman–Crippen MR) is 124 cm³/mol. The van der Waals surface area contributed by atoms with Gasteiger partial charge in [0.05, 0.1) is 26.9 Å².